The molecule has 1 amide bonds. The predicted molar refractivity (Wildman–Crippen MR) is 129 cm³/mol. The largest absolute Gasteiger partial charge is 0.348 e. The van der Waals surface area contributed by atoms with Crippen LogP contribution in [-0.2, 0) is 13.1 Å². The van der Waals surface area contributed by atoms with E-state index in [4.69, 9.17) is 0 Å². The van der Waals surface area contributed by atoms with Gasteiger partial charge in [0.05, 0.1) is 5.69 Å². The summed E-state index contributed by atoms with van der Waals surface area (Å²) < 4.78 is 1.66. The molecule has 0 spiro atoms. The highest BCUT2D eigenvalue weighted by Gasteiger charge is 2.12. The fourth-order valence-electron chi connectivity index (χ4n) is 4.33. The number of rotatable bonds is 7. The van der Waals surface area contributed by atoms with Gasteiger partial charge in [0.25, 0.3) is 5.91 Å². The van der Waals surface area contributed by atoms with E-state index in [1.807, 2.05) is 24.3 Å². The van der Waals surface area contributed by atoms with Crippen molar-refractivity contribution in [2.24, 2.45) is 0 Å². The van der Waals surface area contributed by atoms with Crippen molar-refractivity contribution < 1.29 is 4.79 Å². The molecule has 0 aliphatic carbocycles. The number of nitrogens with zero attached hydrogens (tertiary/aromatic N) is 4. The third-order valence-corrected chi connectivity index (χ3v) is 6.14. The number of aromatic nitrogens is 3. The molecule has 4 aromatic rings. The average molecular weight is 438 g/mol. The monoisotopic (exact) mass is 437 g/mol. The average Bonchev–Trinajstić information content (AvgIpc) is 3.58. The first-order chi connectivity index (χ1) is 16.3. The molecule has 6 nitrogen and oxygen atoms in total. The molecule has 33 heavy (non-hydrogen) atoms. The maximum absolute atomic E-state index is 12.7. The van der Waals surface area contributed by atoms with Crippen LogP contribution in [0.3, 0.4) is 0 Å². The molecule has 1 aromatic heterocycles. The minimum atomic E-state index is -0.101. The Morgan fingerprint density at radius 3 is 2.39 bits per heavy atom. The van der Waals surface area contributed by atoms with Gasteiger partial charge in [0.15, 0.2) is 0 Å². The lowest BCUT2D eigenvalue weighted by Gasteiger charge is -2.15. The number of hydrogen-bond acceptors (Lipinski definition) is 4. The Kier molecular flexibility index (Phi) is 6.26. The standard InChI is InChI=1S/C27H27N5O/c33-27(23-11-13-25(14-12-23)32-20-28-19-30-32)29-17-24-5-1-2-6-26(24)22-9-7-21(8-10-22)18-31-15-3-4-16-31/h1-2,5-14,19-20H,3-4,15-18H2,(H,29,33). The summed E-state index contributed by atoms with van der Waals surface area (Å²) in [6.07, 6.45) is 5.73. The second-order valence-corrected chi connectivity index (χ2v) is 8.41. The molecular weight excluding hydrogens is 410 g/mol. The maximum atomic E-state index is 12.7. The van der Waals surface area contributed by atoms with Gasteiger partial charge in [-0.25, -0.2) is 9.67 Å². The van der Waals surface area contributed by atoms with Crippen LogP contribution in [0.4, 0.5) is 0 Å². The van der Waals surface area contributed by atoms with Crippen LogP contribution in [0, 0.1) is 0 Å². The fraction of sp³-hybridized carbons (Fsp3) is 0.222. The van der Waals surface area contributed by atoms with Gasteiger partial charge < -0.3 is 5.32 Å². The third-order valence-electron chi connectivity index (χ3n) is 6.14. The lowest BCUT2D eigenvalue weighted by Crippen LogP contribution is -2.23. The molecular formula is C27H27N5O. The second-order valence-electron chi connectivity index (χ2n) is 8.41. The molecule has 0 saturated carbocycles. The predicted octanol–water partition coefficient (Wildman–Crippen LogP) is 4.46. The molecule has 6 heteroatoms. The van der Waals surface area contributed by atoms with Crippen LogP contribution in [-0.4, -0.2) is 38.7 Å². The van der Waals surface area contributed by atoms with Crippen molar-refractivity contribution in [1.29, 1.82) is 0 Å². The summed E-state index contributed by atoms with van der Waals surface area (Å²) in [5.74, 6) is -0.101. The number of carbonyl (C=O) groups excluding carboxylic acids is 1. The molecule has 166 valence electrons. The molecule has 0 unspecified atom stereocenters. The van der Waals surface area contributed by atoms with Crippen LogP contribution in [0.2, 0.25) is 0 Å². The van der Waals surface area contributed by atoms with Gasteiger partial charge >= 0.3 is 0 Å². The molecule has 2 heterocycles. The van der Waals surface area contributed by atoms with Crippen molar-refractivity contribution >= 4 is 5.91 Å². The van der Waals surface area contributed by atoms with Crippen LogP contribution >= 0.6 is 0 Å². The summed E-state index contributed by atoms with van der Waals surface area (Å²) in [5.41, 5.74) is 6.23. The second kappa shape index (κ2) is 9.79. The highest BCUT2D eigenvalue weighted by atomic mass is 16.1. The Balaban J connectivity index is 1.25. The van der Waals surface area contributed by atoms with E-state index in [0.717, 1.165) is 23.4 Å². The van der Waals surface area contributed by atoms with Crippen LogP contribution in [0.25, 0.3) is 16.8 Å². The van der Waals surface area contributed by atoms with E-state index in [-0.39, 0.29) is 5.91 Å². The van der Waals surface area contributed by atoms with E-state index in [9.17, 15) is 4.79 Å². The summed E-state index contributed by atoms with van der Waals surface area (Å²) in [5, 5.41) is 7.17. The molecule has 1 N–H and O–H groups in total. The van der Waals surface area contributed by atoms with Crippen molar-refractivity contribution in [3.05, 3.63) is 102 Å². The van der Waals surface area contributed by atoms with Gasteiger partial charge in [-0.2, -0.15) is 5.10 Å². The van der Waals surface area contributed by atoms with Crippen LogP contribution in [0.15, 0.2) is 85.5 Å². The van der Waals surface area contributed by atoms with Gasteiger partial charge in [0, 0.05) is 18.7 Å². The van der Waals surface area contributed by atoms with Gasteiger partial charge in [-0.05, 0) is 72.5 Å². The van der Waals surface area contributed by atoms with Crippen molar-refractivity contribution in [3.8, 4) is 16.8 Å². The van der Waals surface area contributed by atoms with Crippen LogP contribution < -0.4 is 5.32 Å². The zero-order valence-electron chi connectivity index (χ0n) is 18.5. The zero-order chi connectivity index (χ0) is 22.5. The summed E-state index contributed by atoms with van der Waals surface area (Å²) in [6.45, 7) is 3.89. The van der Waals surface area contributed by atoms with Crippen LogP contribution in [0.1, 0.15) is 34.3 Å². The Morgan fingerprint density at radius 2 is 1.67 bits per heavy atom. The molecule has 3 aromatic carbocycles. The minimum Gasteiger partial charge on any atom is -0.348 e. The van der Waals surface area contributed by atoms with Gasteiger partial charge in [-0.1, -0.05) is 48.5 Å². The lowest BCUT2D eigenvalue weighted by molar-refractivity contribution is 0.0951. The number of nitrogens with one attached hydrogen (secondary N) is 1. The number of likely N-dealkylation sites (tertiary alicyclic amines) is 1. The fourth-order valence-corrected chi connectivity index (χ4v) is 4.33. The van der Waals surface area contributed by atoms with E-state index in [1.165, 1.54) is 43.4 Å². The van der Waals surface area contributed by atoms with Gasteiger partial charge in [-0.3, -0.25) is 9.69 Å². The van der Waals surface area contributed by atoms with E-state index in [0.29, 0.717) is 12.1 Å². The topological polar surface area (TPSA) is 63.1 Å². The van der Waals surface area contributed by atoms with E-state index >= 15 is 0 Å². The Labute approximate surface area is 193 Å². The maximum Gasteiger partial charge on any atom is 0.251 e. The van der Waals surface area contributed by atoms with Crippen molar-refractivity contribution in [2.75, 3.05) is 13.1 Å². The highest BCUT2D eigenvalue weighted by molar-refractivity contribution is 5.94. The van der Waals surface area contributed by atoms with Crippen molar-refractivity contribution in [3.63, 3.8) is 0 Å². The number of carbonyl (C=O) groups is 1. The van der Waals surface area contributed by atoms with Crippen molar-refractivity contribution in [1.82, 2.24) is 25.0 Å². The molecule has 0 radical (unpaired) electrons. The highest BCUT2D eigenvalue weighted by Crippen LogP contribution is 2.25. The molecule has 5 rings (SSSR count). The molecule has 1 fully saturated rings. The molecule has 0 atom stereocenters. The third kappa shape index (κ3) is 5.02. The Bertz CT molecular complexity index is 1190. The normalized spacial score (nSPS) is 13.8. The summed E-state index contributed by atoms with van der Waals surface area (Å²) in [6, 6.07) is 24.4. The quantitative estimate of drug-likeness (QED) is 0.464. The Morgan fingerprint density at radius 1 is 0.909 bits per heavy atom. The first-order valence-electron chi connectivity index (χ1n) is 11.4. The summed E-state index contributed by atoms with van der Waals surface area (Å²) >= 11 is 0. The Hall–Kier alpha value is -3.77. The SMILES string of the molecule is O=C(NCc1ccccc1-c1ccc(CN2CCCC2)cc1)c1ccc(-n2cncn2)cc1. The van der Waals surface area contributed by atoms with Crippen molar-refractivity contribution in [2.45, 2.75) is 25.9 Å². The van der Waals surface area contributed by atoms with E-state index < -0.39 is 0 Å². The smallest absolute Gasteiger partial charge is 0.251 e. The van der Waals surface area contributed by atoms with Gasteiger partial charge in [-0.15, -0.1) is 0 Å². The van der Waals surface area contributed by atoms with E-state index in [2.05, 4.69) is 56.7 Å². The first kappa shape index (κ1) is 21.1. The molecule has 1 aliphatic heterocycles. The lowest BCUT2D eigenvalue weighted by atomic mass is 9.98. The van der Waals surface area contributed by atoms with Gasteiger partial charge in [0.2, 0.25) is 0 Å². The first-order valence-corrected chi connectivity index (χ1v) is 11.4. The molecule has 0 bridgehead atoms. The summed E-state index contributed by atoms with van der Waals surface area (Å²) in [7, 11) is 0. The van der Waals surface area contributed by atoms with Gasteiger partial charge in [0.1, 0.15) is 12.7 Å². The molecule has 1 aliphatic rings. The summed E-state index contributed by atoms with van der Waals surface area (Å²) in [4.78, 5) is 19.2. The number of hydrogen-bond donors (Lipinski definition) is 1. The minimum absolute atomic E-state index is 0.101. The van der Waals surface area contributed by atoms with E-state index in [1.54, 1.807) is 23.1 Å². The zero-order valence-corrected chi connectivity index (χ0v) is 18.5. The molecule has 1 saturated heterocycles. The number of benzene rings is 3. The van der Waals surface area contributed by atoms with Crippen LogP contribution in [0.5, 0.6) is 0 Å². The number of amides is 1.